The molecule has 5 nitrogen and oxygen atoms in total. The number of rotatable bonds is 8. The molecule has 0 bridgehead atoms. The van der Waals surface area contributed by atoms with Gasteiger partial charge in [-0.05, 0) is 19.1 Å². The lowest BCUT2D eigenvalue weighted by molar-refractivity contribution is -0.129. The number of nitrogens with zero attached hydrogens (tertiary/aromatic N) is 3. The minimum Gasteiger partial charge on any atom is -0.616 e. The molecular weight excluding hydrogens is 411 g/mol. The lowest BCUT2D eigenvalue weighted by Gasteiger charge is -2.19. The second kappa shape index (κ2) is 9.91. The molecule has 0 saturated carbocycles. The number of hydrogen-bond acceptors (Lipinski definition) is 5. The van der Waals surface area contributed by atoms with E-state index in [2.05, 4.69) is 15.9 Å². The number of halogens is 3. The van der Waals surface area contributed by atoms with Gasteiger partial charge in [0, 0.05) is 18.0 Å². The fourth-order valence-electron chi connectivity index (χ4n) is 2.28. The molecule has 1 atom stereocenters. The van der Waals surface area contributed by atoms with E-state index in [0.29, 0.717) is 15.7 Å². The lowest BCUT2D eigenvalue weighted by Crippen LogP contribution is -2.33. The molecule has 2 aromatic heterocycles. The normalized spacial score (nSPS) is 12.4. The summed E-state index contributed by atoms with van der Waals surface area (Å²) >= 11 is -0.463. The highest BCUT2D eigenvalue weighted by atomic mass is 32.2. The van der Waals surface area contributed by atoms with Gasteiger partial charge in [0.05, 0.1) is 25.1 Å². The standard InChI is InChI=1S/C18H18F3N3O2S2/c1-3-9-24(15(25)6-10-28(26)11-7-18(19,20)21)17-13(2)23-16(27-17)14-5-4-8-22-12-14/h1,4-5,8,12H,6-7,9-11H2,2H3. The molecule has 0 aliphatic heterocycles. The van der Waals surface area contributed by atoms with E-state index in [-0.39, 0.29) is 18.7 Å². The predicted molar refractivity (Wildman–Crippen MR) is 104 cm³/mol. The molecular formula is C18H18F3N3O2S2. The highest BCUT2D eigenvalue weighted by Gasteiger charge is 2.30. The molecule has 2 heterocycles. The Morgan fingerprint density at radius 1 is 1.43 bits per heavy atom. The number of alkyl halides is 3. The fourth-order valence-corrected chi connectivity index (χ4v) is 4.42. The third-order valence-corrected chi connectivity index (χ3v) is 6.18. The van der Waals surface area contributed by atoms with Crippen molar-refractivity contribution in [1.82, 2.24) is 9.97 Å². The monoisotopic (exact) mass is 429 g/mol. The highest BCUT2D eigenvalue weighted by molar-refractivity contribution is 7.91. The number of terminal acetylenes is 1. The van der Waals surface area contributed by atoms with Gasteiger partial charge in [0.1, 0.15) is 21.5 Å². The summed E-state index contributed by atoms with van der Waals surface area (Å²) in [6, 6.07) is 3.61. The molecule has 1 amide bonds. The molecule has 1 unspecified atom stereocenters. The van der Waals surface area contributed by atoms with E-state index in [1.54, 1.807) is 25.4 Å². The van der Waals surface area contributed by atoms with Crippen molar-refractivity contribution in [1.29, 1.82) is 0 Å². The van der Waals surface area contributed by atoms with E-state index in [9.17, 15) is 22.5 Å². The van der Waals surface area contributed by atoms with Crippen LogP contribution in [0.2, 0.25) is 0 Å². The van der Waals surface area contributed by atoms with Crippen molar-refractivity contribution < 1.29 is 22.5 Å². The Morgan fingerprint density at radius 3 is 2.79 bits per heavy atom. The molecule has 0 N–H and O–H groups in total. The van der Waals surface area contributed by atoms with Crippen LogP contribution in [0, 0.1) is 19.3 Å². The minimum atomic E-state index is -4.36. The number of anilines is 1. The number of carbonyl (C=O) groups excluding carboxylic acids is 1. The van der Waals surface area contributed by atoms with Crippen LogP contribution in [0.5, 0.6) is 0 Å². The molecule has 0 spiro atoms. The predicted octanol–water partition coefficient (Wildman–Crippen LogP) is 3.57. The van der Waals surface area contributed by atoms with Gasteiger partial charge in [-0.2, -0.15) is 13.2 Å². The summed E-state index contributed by atoms with van der Waals surface area (Å²) in [5.41, 5.74) is 1.40. The Labute approximate surface area is 168 Å². The maximum Gasteiger partial charge on any atom is 0.393 e. The van der Waals surface area contributed by atoms with E-state index >= 15 is 0 Å². The molecule has 0 saturated heterocycles. The van der Waals surface area contributed by atoms with Crippen LogP contribution in [0.3, 0.4) is 0 Å². The van der Waals surface area contributed by atoms with Gasteiger partial charge < -0.3 is 4.55 Å². The molecule has 2 rings (SSSR count). The zero-order chi connectivity index (χ0) is 20.7. The Bertz CT molecular complexity index is 835. The fraction of sp³-hybridized carbons (Fsp3) is 0.389. The molecule has 10 heteroatoms. The number of pyridine rings is 1. The van der Waals surface area contributed by atoms with E-state index < -0.39 is 35.4 Å². The molecule has 0 aliphatic rings. The second-order valence-electron chi connectivity index (χ2n) is 5.80. The Kier molecular flexibility index (Phi) is 7.86. The quantitative estimate of drug-likeness (QED) is 0.475. The van der Waals surface area contributed by atoms with Crippen molar-refractivity contribution in [2.24, 2.45) is 0 Å². The van der Waals surface area contributed by atoms with Crippen LogP contribution in [-0.4, -0.2) is 44.7 Å². The Hall–Kier alpha value is -2.09. The highest BCUT2D eigenvalue weighted by Crippen LogP contribution is 2.34. The van der Waals surface area contributed by atoms with Crippen LogP contribution in [0.15, 0.2) is 24.5 Å². The van der Waals surface area contributed by atoms with E-state index in [1.165, 1.54) is 16.2 Å². The number of aryl methyl sites for hydroxylation is 1. The molecule has 2 aromatic rings. The third kappa shape index (κ3) is 6.51. The van der Waals surface area contributed by atoms with E-state index in [0.717, 1.165) is 5.56 Å². The summed E-state index contributed by atoms with van der Waals surface area (Å²) < 4.78 is 48.4. The third-order valence-electron chi connectivity index (χ3n) is 3.63. The number of amides is 1. The van der Waals surface area contributed by atoms with Crippen molar-refractivity contribution >= 4 is 33.4 Å². The largest absolute Gasteiger partial charge is 0.616 e. The summed E-state index contributed by atoms with van der Waals surface area (Å²) in [7, 11) is 0. The van der Waals surface area contributed by atoms with Crippen molar-refractivity contribution in [2.45, 2.75) is 25.9 Å². The van der Waals surface area contributed by atoms with Crippen molar-refractivity contribution in [3.05, 3.63) is 30.2 Å². The van der Waals surface area contributed by atoms with Gasteiger partial charge in [-0.15, -0.1) is 6.42 Å². The summed E-state index contributed by atoms with van der Waals surface area (Å²) in [5.74, 6) is 1.34. The van der Waals surface area contributed by atoms with Crippen LogP contribution < -0.4 is 4.90 Å². The first-order chi connectivity index (χ1) is 13.2. The van der Waals surface area contributed by atoms with Gasteiger partial charge in [0.2, 0.25) is 5.91 Å². The zero-order valence-corrected chi connectivity index (χ0v) is 16.7. The maximum atomic E-state index is 12.6. The van der Waals surface area contributed by atoms with Gasteiger partial charge in [-0.3, -0.25) is 14.7 Å². The van der Waals surface area contributed by atoms with Crippen LogP contribution in [0.1, 0.15) is 18.5 Å². The van der Waals surface area contributed by atoms with Crippen molar-refractivity contribution in [2.75, 3.05) is 23.0 Å². The molecule has 150 valence electrons. The molecule has 0 aromatic carbocycles. The number of aromatic nitrogens is 2. The average Bonchev–Trinajstić information content (AvgIpc) is 3.04. The summed E-state index contributed by atoms with van der Waals surface area (Å²) in [4.78, 5) is 22.4. The summed E-state index contributed by atoms with van der Waals surface area (Å²) in [6.45, 7) is 1.73. The van der Waals surface area contributed by atoms with Gasteiger partial charge in [-0.1, -0.05) is 28.4 Å². The lowest BCUT2D eigenvalue weighted by atomic mass is 10.3. The number of hydrogen-bond donors (Lipinski definition) is 0. The van der Waals surface area contributed by atoms with Gasteiger partial charge in [0.15, 0.2) is 0 Å². The van der Waals surface area contributed by atoms with E-state index in [1.807, 2.05) is 6.07 Å². The first kappa shape index (κ1) is 22.2. The van der Waals surface area contributed by atoms with E-state index in [4.69, 9.17) is 6.42 Å². The molecule has 0 aliphatic carbocycles. The van der Waals surface area contributed by atoms with Gasteiger partial charge in [-0.25, -0.2) is 4.98 Å². The molecule has 0 radical (unpaired) electrons. The van der Waals surface area contributed by atoms with Crippen LogP contribution in [-0.2, 0) is 16.0 Å². The van der Waals surface area contributed by atoms with Crippen molar-refractivity contribution in [3.8, 4) is 22.9 Å². The first-order valence-electron chi connectivity index (χ1n) is 8.24. The van der Waals surface area contributed by atoms with Crippen LogP contribution in [0.25, 0.3) is 10.6 Å². The van der Waals surface area contributed by atoms with Gasteiger partial charge >= 0.3 is 6.18 Å². The second-order valence-corrected chi connectivity index (χ2v) is 8.47. The number of carbonyl (C=O) groups is 1. The zero-order valence-electron chi connectivity index (χ0n) is 15.0. The average molecular weight is 429 g/mol. The van der Waals surface area contributed by atoms with Crippen LogP contribution >= 0.6 is 11.3 Å². The maximum absolute atomic E-state index is 12.6. The van der Waals surface area contributed by atoms with Gasteiger partial charge in [0.25, 0.3) is 0 Å². The Morgan fingerprint density at radius 2 is 2.18 bits per heavy atom. The minimum absolute atomic E-state index is 0.0104. The number of thiazole rings is 1. The van der Waals surface area contributed by atoms with Crippen LogP contribution in [0.4, 0.5) is 18.2 Å². The first-order valence-corrected chi connectivity index (χ1v) is 10.5. The Balaban J connectivity index is 2.07. The topological polar surface area (TPSA) is 69.2 Å². The molecule has 28 heavy (non-hydrogen) atoms. The SMILES string of the molecule is C#CCN(C(=O)CC[S+]([O-])CCC(F)(F)F)c1sc(-c2cccnc2)nc1C. The summed E-state index contributed by atoms with van der Waals surface area (Å²) in [6.07, 6.45) is 3.00. The smallest absolute Gasteiger partial charge is 0.393 e. The summed E-state index contributed by atoms with van der Waals surface area (Å²) in [5, 5.41) is 1.23. The van der Waals surface area contributed by atoms with Crippen molar-refractivity contribution in [3.63, 3.8) is 0 Å². The molecule has 0 fully saturated rings.